The Bertz CT molecular complexity index is 1080. The van der Waals surface area contributed by atoms with Crippen LogP contribution in [0.2, 0.25) is 0 Å². The van der Waals surface area contributed by atoms with Crippen LogP contribution in [0.5, 0.6) is 0 Å². The van der Waals surface area contributed by atoms with Gasteiger partial charge >= 0.3 is 5.97 Å². The number of aromatic amines is 1. The molecule has 0 atom stereocenters. The molecule has 26 heavy (non-hydrogen) atoms. The topological polar surface area (TPSA) is 104 Å². The number of pyridine rings is 1. The number of H-pyrrole nitrogens is 1. The van der Waals surface area contributed by atoms with Crippen LogP contribution in [-0.4, -0.2) is 26.8 Å². The normalized spacial score (nSPS) is 18.1. The molecule has 0 radical (unpaired) electrons. The molecule has 0 unspecified atom stereocenters. The first-order valence-electron chi connectivity index (χ1n) is 7.79. The number of aliphatic carboxylic acids is 1. The molecule has 2 aromatic rings. The van der Waals surface area contributed by atoms with Crippen LogP contribution in [-0.2, 0) is 14.3 Å². The van der Waals surface area contributed by atoms with Crippen molar-refractivity contribution in [2.45, 2.75) is 0 Å². The molecule has 2 aliphatic rings. The van der Waals surface area contributed by atoms with Crippen molar-refractivity contribution >= 4 is 28.9 Å². The number of Topliss-reactive ketones (excluding diaryl/α,β-unsaturated/α-hetero) is 1. The molecule has 0 saturated carbocycles. The van der Waals surface area contributed by atoms with E-state index in [1.54, 1.807) is 49.0 Å². The molecular formula is C19H13N3O4. The highest BCUT2D eigenvalue weighted by Gasteiger charge is 2.37. The Hall–Kier alpha value is -3.87. The smallest absolute Gasteiger partial charge is 0.343 e. The standard InChI is InChI=1S/C19H13N3O4/c23-16-14(9-11-10-22-18-12(11)5-4-8-21-18)26-17(15(16)19(24)25)13-6-2-1-3-7-20-13/h1-10,20H,(H,21,22)(H,24,25). The number of hydrogen-bond donors (Lipinski definition) is 3. The minimum atomic E-state index is -1.34. The molecule has 0 fully saturated rings. The number of allylic oxidation sites excluding steroid dienone is 5. The van der Waals surface area contributed by atoms with Crippen molar-refractivity contribution in [3.05, 3.63) is 83.4 Å². The number of nitrogens with zero attached hydrogens (tertiary/aromatic N) is 1. The van der Waals surface area contributed by atoms with Crippen molar-refractivity contribution in [3.8, 4) is 0 Å². The van der Waals surface area contributed by atoms with E-state index in [1.165, 1.54) is 6.08 Å². The molecule has 4 heterocycles. The van der Waals surface area contributed by atoms with Crippen molar-refractivity contribution in [3.63, 3.8) is 0 Å². The summed E-state index contributed by atoms with van der Waals surface area (Å²) in [4.78, 5) is 31.4. The third-order valence-corrected chi connectivity index (χ3v) is 3.94. The second kappa shape index (κ2) is 6.21. The van der Waals surface area contributed by atoms with Crippen LogP contribution in [0.4, 0.5) is 0 Å². The molecule has 0 aromatic carbocycles. The van der Waals surface area contributed by atoms with Gasteiger partial charge in [-0.25, -0.2) is 9.78 Å². The van der Waals surface area contributed by atoms with Crippen LogP contribution < -0.4 is 5.32 Å². The summed E-state index contributed by atoms with van der Waals surface area (Å²) in [5.74, 6) is -2.08. The van der Waals surface area contributed by atoms with Crippen molar-refractivity contribution < 1.29 is 19.4 Å². The van der Waals surface area contributed by atoms with Gasteiger partial charge in [0.05, 0.1) is 5.70 Å². The predicted octanol–water partition coefficient (Wildman–Crippen LogP) is 2.40. The highest BCUT2D eigenvalue weighted by atomic mass is 16.5. The average molecular weight is 347 g/mol. The van der Waals surface area contributed by atoms with E-state index in [0.717, 1.165) is 5.39 Å². The minimum absolute atomic E-state index is 0.0112. The van der Waals surface area contributed by atoms with Gasteiger partial charge in [-0.05, 0) is 30.4 Å². The number of ether oxygens (including phenoxy) is 1. The number of carbonyl (C=O) groups is 2. The first-order valence-corrected chi connectivity index (χ1v) is 7.79. The molecule has 0 aliphatic carbocycles. The van der Waals surface area contributed by atoms with Crippen LogP contribution in [0.15, 0.2) is 77.8 Å². The lowest BCUT2D eigenvalue weighted by molar-refractivity contribution is -0.134. The molecular weight excluding hydrogens is 334 g/mol. The highest BCUT2D eigenvalue weighted by Crippen LogP contribution is 2.32. The van der Waals surface area contributed by atoms with Gasteiger partial charge < -0.3 is 20.1 Å². The van der Waals surface area contributed by atoms with E-state index in [2.05, 4.69) is 15.3 Å². The molecule has 4 rings (SSSR count). The van der Waals surface area contributed by atoms with Crippen molar-refractivity contribution in [2.75, 3.05) is 0 Å². The van der Waals surface area contributed by atoms with E-state index in [9.17, 15) is 14.7 Å². The summed E-state index contributed by atoms with van der Waals surface area (Å²) in [6.45, 7) is 0. The maximum atomic E-state index is 12.6. The highest BCUT2D eigenvalue weighted by molar-refractivity contribution is 6.26. The second-order valence-electron chi connectivity index (χ2n) is 5.56. The molecule has 7 heteroatoms. The van der Waals surface area contributed by atoms with E-state index in [4.69, 9.17) is 4.74 Å². The number of rotatable bonds is 3. The Morgan fingerprint density at radius 2 is 2.15 bits per heavy atom. The van der Waals surface area contributed by atoms with Gasteiger partial charge in [0.25, 0.3) is 0 Å². The summed E-state index contributed by atoms with van der Waals surface area (Å²) in [5.41, 5.74) is 1.34. The zero-order chi connectivity index (χ0) is 18.1. The molecule has 7 nitrogen and oxygen atoms in total. The van der Waals surface area contributed by atoms with Gasteiger partial charge in [0.1, 0.15) is 5.65 Å². The van der Waals surface area contributed by atoms with E-state index in [0.29, 0.717) is 16.9 Å². The van der Waals surface area contributed by atoms with Crippen LogP contribution in [0.25, 0.3) is 17.1 Å². The van der Waals surface area contributed by atoms with Crippen molar-refractivity contribution in [1.82, 2.24) is 15.3 Å². The Kier molecular flexibility index (Phi) is 3.74. The van der Waals surface area contributed by atoms with Crippen molar-refractivity contribution in [1.29, 1.82) is 0 Å². The van der Waals surface area contributed by atoms with Crippen LogP contribution >= 0.6 is 0 Å². The lowest BCUT2D eigenvalue weighted by atomic mass is 10.1. The quantitative estimate of drug-likeness (QED) is 0.582. The summed E-state index contributed by atoms with van der Waals surface area (Å²) in [5, 5.41) is 13.2. The lowest BCUT2D eigenvalue weighted by Gasteiger charge is -2.08. The molecule has 0 spiro atoms. The third-order valence-electron chi connectivity index (χ3n) is 3.94. The second-order valence-corrected chi connectivity index (χ2v) is 5.56. The summed E-state index contributed by atoms with van der Waals surface area (Å²) in [7, 11) is 0. The van der Waals surface area contributed by atoms with Gasteiger partial charge in [-0.1, -0.05) is 12.2 Å². The van der Waals surface area contributed by atoms with E-state index in [1.807, 2.05) is 6.07 Å². The number of carboxylic acid groups (broad SMARTS) is 1. The van der Waals surface area contributed by atoms with Crippen molar-refractivity contribution in [2.24, 2.45) is 0 Å². The summed E-state index contributed by atoms with van der Waals surface area (Å²) >= 11 is 0. The van der Waals surface area contributed by atoms with E-state index in [-0.39, 0.29) is 11.5 Å². The summed E-state index contributed by atoms with van der Waals surface area (Å²) in [6.07, 6.45) is 13.4. The Morgan fingerprint density at radius 1 is 1.27 bits per heavy atom. The van der Waals surface area contributed by atoms with Crippen LogP contribution in [0, 0.1) is 0 Å². The SMILES string of the molecule is O=C(O)C1=C(C2=CC=CC=CN2)OC(=Cc2c[nH]c3ncccc23)C1=O. The maximum Gasteiger partial charge on any atom is 0.343 e. The number of carboxylic acids is 1. The monoisotopic (exact) mass is 347 g/mol. The van der Waals surface area contributed by atoms with Gasteiger partial charge in [-0.2, -0.15) is 0 Å². The fraction of sp³-hybridized carbons (Fsp3) is 0. The molecule has 0 amide bonds. The average Bonchev–Trinajstić information content (AvgIpc) is 3.05. The Morgan fingerprint density at radius 3 is 3.00 bits per heavy atom. The molecule has 2 aromatic heterocycles. The molecule has 2 aliphatic heterocycles. The lowest BCUT2D eigenvalue weighted by Crippen LogP contribution is -2.13. The van der Waals surface area contributed by atoms with Gasteiger partial charge in [0, 0.05) is 29.5 Å². The predicted molar refractivity (Wildman–Crippen MR) is 94.3 cm³/mol. The Labute approximate surface area is 147 Å². The zero-order valence-corrected chi connectivity index (χ0v) is 13.4. The maximum absolute atomic E-state index is 12.6. The van der Waals surface area contributed by atoms with E-state index >= 15 is 0 Å². The summed E-state index contributed by atoms with van der Waals surface area (Å²) < 4.78 is 5.64. The first kappa shape index (κ1) is 15.6. The van der Waals surface area contributed by atoms with Gasteiger partial charge in [0.15, 0.2) is 17.1 Å². The number of nitrogens with one attached hydrogen (secondary N) is 2. The summed E-state index contributed by atoms with van der Waals surface area (Å²) in [6, 6.07) is 3.63. The number of carbonyl (C=O) groups excluding carboxylic acids is 1. The van der Waals surface area contributed by atoms with Gasteiger partial charge in [-0.15, -0.1) is 0 Å². The third kappa shape index (κ3) is 2.61. The van der Waals surface area contributed by atoms with Crippen LogP contribution in [0.3, 0.4) is 0 Å². The first-order chi connectivity index (χ1) is 12.6. The van der Waals surface area contributed by atoms with Crippen LogP contribution in [0.1, 0.15) is 5.56 Å². The molecule has 0 saturated heterocycles. The Balaban J connectivity index is 1.76. The zero-order valence-electron chi connectivity index (χ0n) is 13.4. The minimum Gasteiger partial charge on any atom is -0.477 e. The van der Waals surface area contributed by atoms with Gasteiger partial charge in [0.2, 0.25) is 5.78 Å². The van der Waals surface area contributed by atoms with E-state index < -0.39 is 17.3 Å². The molecule has 0 bridgehead atoms. The number of aromatic nitrogens is 2. The number of fused-ring (bicyclic) bond motifs is 1. The fourth-order valence-electron chi connectivity index (χ4n) is 2.75. The molecule has 128 valence electrons. The fourth-order valence-corrected chi connectivity index (χ4v) is 2.75. The van der Waals surface area contributed by atoms with Gasteiger partial charge in [-0.3, -0.25) is 4.79 Å². The molecule has 3 N–H and O–H groups in total. The largest absolute Gasteiger partial charge is 0.477 e. The number of hydrogen-bond acceptors (Lipinski definition) is 5. The number of ketones is 1.